The Hall–Kier alpha value is -1.03. The molecule has 0 spiro atoms. The summed E-state index contributed by atoms with van der Waals surface area (Å²) in [6.07, 6.45) is 3.94. The second-order valence-corrected chi connectivity index (χ2v) is 4.45. The minimum absolute atomic E-state index is 0.309. The molecule has 0 radical (unpaired) electrons. The molecule has 1 aromatic rings. The molecule has 2 rings (SSSR count). The molecule has 0 aromatic carbocycles. The highest BCUT2D eigenvalue weighted by Gasteiger charge is 2.36. The molecule has 5 heteroatoms. The minimum atomic E-state index is 0.309. The Morgan fingerprint density at radius 3 is 2.93 bits per heavy atom. The molecule has 1 aliphatic rings. The van der Waals surface area contributed by atoms with E-state index in [1.54, 1.807) is 0 Å². The van der Waals surface area contributed by atoms with E-state index in [0.717, 1.165) is 6.54 Å². The number of aromatic nitrogens is 2. The summed E-state index contributed by atoms with van der Waals surface area (Å²) in [6.45, 7) is 3.13. The van der Waals surface area contributed by atoms with Crippen molar-refractivity contribution in [3.05, 3.63) is 11.5 Å². The summed E-state index contributed by atoms with van der Waals surface area (Å²) >= 11 is 5.76. The summed E-state index contributed by atoms with van der Waals surface area (Å²) in [7, 11) is 0. The lowest BCUT2D eigenvalue weighted by Gasteiger charge is -2.12. The van der Waals surface area contributed by atoms with Gasteiger partial charge in [0.15, 0.2) is 11.0 Å². The molecule has 0 aliphatic heterocycles. The van der Waals surface area contributed by atoms with Crippen LogP contribution in [-0.2, 0) is 0 Å². The molecule has 3 N–H and O–H groups in total. The van der Waals surface area contributed by atoms with Gasteiger partial charge in [0.2, 0.25) is 0 Å². The molecule has 1 aliphatic carbocycles. The number of hydrogen-bond donors (Lipinski definition) is 2. The fraction of sp³-hybridized carbons (Fsp3) is 0.556. The molecule has 1 aromatic heterocycles. The van der Waals surface area contributed by atoms with Crippen LogP contribution in [0.15, 0.2) is 6.33 Å². The topological polar surface area (TPSA) is 63.8 Å². The van der Waals surface area contributed by atoms with Gasteiger partial charge in [0.05, 0.1) is 0 Å². The molecule has 1 fully saturated rings. The van der Waals surface area contributed by atoms with Crippen molar-refractivity contribution in [2.75, 3.05) is 17.6 Å². The van der Waals surface area contributed by atoms with Crippen molar-refractivity contribution in [2.45, 2.75) is 19.8 Å². The van der Waals surface area contributed by atoms with Gasteiger partial charge >= 0.3 is 0 Å². The molecule has 1 saturated carbocycles. The summed E-state index contributed by atoms with van der Waals surface area (Å²) in [5.74, 6) is 0.637. The molecule has 0 bridgehead atoms. The Bertz CT molecular complexity index is 349. The van der Waals surface area contributed by atoms with Crippen LogP contribution in [0.1, 0.15) is 19.8 Å². The van der Waals surface area contributed by atoms with E-state index in [1.807, 2.05) is 0 Å². The summed E-state index contributed by atoms with van der Waals surface area (Å²) in [5, 5.41) is 3.50. The number of rotatable bonds is 3. The third-order valence-corrected chi connectivity index (χ3v) is 2.92. The van der Waals surface area contributed by atoms with Crippen LogP contribution in [0.2, 0.25) is 5.15 Å². The number of nitrogen functional groups attached to an aromatic ring is 1. The highest BCUT2D eigenvalue weighted by Crippen LogP contribution is 2.44. The molecule has 1 heterocycles. The number of nitrogens with one attached hydrogen (secondary N) is 1. The van der Waals surface area contributed by atoms with Crippen LogP contribution in [-0.4, -0.2) is 16.5 Å². The third-order valence-electron chi connectivity index (χ3n) is 2.62. The number of nitrogens with zero attached hydrogens (tertiary/aromatic N) is 2. The molecular weight excluding hydrogens is 200 g/mol. The van der Waals surface area contributed by atoms with Crippen molar-refractivity contribution in [2.24, 2.45) is 5.41 Å². The highest BCUT2D eigenvalue weighted by molar-refractivity contribution is 6.32. The van der Waals surface area contributed by atoms with Crippen molar-refractivity contribution in [1.82, 2.24) is 9.97 Å². The zero-order chi connectivity index (χ0) is 10.2. The predicted octanol–water partition coefficient (Wildman–Crippen LogP) is 1.92. The minimum Gasteiger partial charge on any atom is -0.393 e. The van der Waals surface area contributed by atoms with E-state index in [1.165, 1.54) is 19.2 Å². The molecule has 4 nitrogen and oxygen atoms in total. The first-order chi connectivity index (χ1) is 6.61. The maximum Gasteiger partial charge on any atom is 0.157 e. The fourth-order valence-electron chi connectivity index (χ4n) is 1.20. The van der Waals surface area contributed by atoms with Crippen molar-refractivity contribution in [3.8, 4) is 0 Å². The predicted molar refractivity (Wildman–Crippen MR) is 57.3 cm³/mol. The van der Waals surface area contributed by atoms with Crippen LogP contribution in [0, 0.1) is 5.41 Å². The maximum atomic E-state index is 5.76. The van der Waals surface area contributed by atoms with Gasteiger partial charge in [-0.25, -0.2) is 9.97 Å². The average Bonchev–Trinajstić information content (AvgIpc) is 2.88. The van der Waals surface area contributed by atoms with E-state index in [4.69, 9.17) is 17.3 Å². The van der Waals surface area contributed by atoms with Gasteiger partial charge in [-0.05, 0) is 18.3 Å². The van der Waals surface area contributed by atoms with Crippen LogP contribution >= 0.6 is 11.6 Å². The second-order valence-electron chi connectivity index (χ2n) is 4.09. The highest BCUT2D eigenvalue weighted by atomic mass is 35.5. The van der Waals surface area contributed by atoms with Gasteiger partial charge in [-0.15, -0.1) is 0 Å². The Morgan fingerprint density at radius 1 is 1.57 bits per heavy atom. The number of anilines is 2. The fourth-order valence-corrected chi connectivity index (χ4v) is 1.34. The van der Waals surface area contributed by atoms with Crippen molar-refractivity contribution in [1.29, 1.82) is 0 Å². The van der Waals surface area contributed by atoms with Crippen molar-refractivity contribution in [3.63, 3.8) is 0 Å². The molecule has 14 heavy (non-hydrogen) atoms. The monoisotopic (exact) mass is 212 g/mol. The molecule has 0 unspecified atom stereocenters. The SMILES string of the molecule is CC1(CNc2ncnc(Cl)c2N)CC1. The van der Waals surface area contributed by atoms with Crippen LogP contribution in [0.25, 0.3) is 0 Å². The van der Waals surface area contributed by atoms with E-state index in [9.17, 15) is 0 Å². The lowest BCUT2D eigenvalue weighted by Crippen LogP contribution is -2.14. The number of nitrogens with two attached hydrogens (primary N) is 1. The zero-order valence-corrected chi connectivity index (χ0v) is 8.80. The van der Waals surface area contributed by atoms with E-state index in [0.29, 0.717) is 22.1 Å². The Labute approximate surface area is 87.9 Å². The largest absolute Gasteiger partial charge is 0.393 e. The Morgan fingerprint density at radius 2 is 2.29 bits per heavy atom. The standard InChI is InChI=1S/C9H13ClN4/c1-9(2-3-9)4-12-8-6(11)7(10)13-5-14-8/h5H,2-4,11H2,1H3,(H,12,13,14). The maximum absolute atomic E-state index is 5.76. The van der Waals surface area contributed by atoms with Gasteiger partial charge in [0.25, 0.3) is 0 Å². The normalized spacial score (nSPS) is 17.9. The first-order valence-electron chi connectivity index (χ1n) is 4.61. The van der Waals surface area contributed by atoms with Gasteiger partial charge in [0.1, 0.15) is 12.0 Å². The van der Waals surface area contributed by atoms with Gasteiger partial charge in [-0.3, -0.25) is 0 Å². The second kappa shape index (κ2) is 3.28. The summed E-state index contributed by atoms with van der Waals surface area (Å²) in [4.78, 5) is 7.83. The van der Waals surface area contributed by atoms with Crippen LogP contribution in [0.3, 0.4) is 0 Å². The number of hydrogen-bond acceptors (Lipinski definition) is 4. The van der Waals surface area contributed by atoms with E-state index >= 15 is 0 Å². The summed E-state index contributed by atoms with van der Waals surface area (Å²) in [5.41, 5.74) is 6.56. The Balaban J connectivity index is 2.05. The van der Waals surface area contributed by atoms with Gasteiger partial charge in [-0.1, -0.05) is 18.5 Å². The molecule has 0 atom stereocenters. The zero-order valence-electron chi connectivity index (χ0n) is 8.05. The molecule has 0 amide bonds. The lowest BCUT2D eigenvalue weighted by molar-refractivity contribution is 0.609. The van der Waals surface area contributed by atoms with Crippen molar-refractivity contribution < 1.29 is 0 Å². The van der Waals surface area contributed by atoms with Crippen LogP contribution in [0.5, 0.6) is 0 Å². The van der Waals surface area contributed by atoms with Gasteiger partial charge < -0.3 is 11.1 Å². The van der Waals surface area contributed by atoms with Gasteiger partial charge in [-0.2, -0.15) is 0 Å². The summed E-state index contributed by atoms with van der Waals surface area (Å²) < 4.78 is 0. The van der Waals surface area contributed by atoms with Gasteiger partial charge in [0, 0.05) is 6.54 Å². The lowest BCUT2D eigenvalue weighted by atomic mass is 10.1. The van der Waals surface area contributed by atoms with Crippen molar-refractivity contribution >= 4 is 23.1 Å². The Kier molecular flexibility index (Phi) is 2.23. The quantitative estimate of drug-likeness (QED) is 0.752. The first-order valence-corrected chi connectivity index (χ1v) is 4.98. The smallest absolute Gasteiger partial charge is 0.157 e. The molecule has 76 valence electrons. The number of halogens is 1. The van der Waals surface area contributed by atoms with E-state index in [2.05, 4.69) is 22.2 Å². The molecule has 0 saturated heterocycles. The van der Waals surface area contributed by atoms with Crippen LogP contribution < -0.4 is 11.1 Å². The first kappa shape index (κ1) is 9.52. The van der Waals surface area contributed by atoms with E-state index in [-0.39, 0.29) is 0 Å². The van der Waals surface area contributed by atoms with E-state index < -0.39 is 0 Å². The summed E-state index contributed by atoms with van der Waals surface area (Å²) in [6, 6.07) is 0. The average molecular weight is 213 g/mol. The van der Waals surface area contributed by atoms with Crippen LogP contribution in [0.4, 0.5) is 11.5 Å². The third kappa shape index (κ3) is 1.90. The molecular formula is C9H13ClN4.